The van der Waals surface area contributed by atoms with Crippen LogP contribution in [-0.4, -0.2) is 39.9 Å². The highest BCUT2D eigenvalue weighted by atomic mass is 32.2. The number of fused-ring (bicyclic) bond motifs is 1. The Bertz CT molecular complexity index is 1090. The topological polar surface area (TPSA) is 108 Å². The summed E-state index contributed by atoms with van der Waals surface area (Å²) in [5, 5.41) is 0. The average molecular weight is 426 g/mol. The standard InChI is InChI=1S/C21H22N4O4S/c1-2-12-22-30(28,29)18-10-5-8-17(14-18)21(27)24-23-20(26)15-25-13-6-9-16-7-3-4-11-19(16)25/h1,3-5,7-8,10-11,14,22H,6,9,12-13,15H2,(H,23,26)(H,24,27). The highest BCUT2D eigenvalue weighted by Crippen LogP contribution is 2.26. The first-order chi connectivity index (χ1) is 14.4. The molecule has 0 unspecified atom stereocenters. The lowest BCUT2D eigenvalue weighted by molar-refractivity contribution is -0.120. The number of benzene rings is 2. The molecule has 3 rings (SSSR count). The lowest BCUT2D eigenvalue weighted by atomic mass is 10.0. The van der Waals surface area contributed by atoms with Crippen LogP contribution in [0, 0.1) is 12.3 Å². The smallest absolute Gasteiger partial charge is 0.269 e. The molecule has 0 saturated heterocycles. The molecule has 2 aromatic rings. The van der Waals surface area contributed by atoms with Crippen molar-refractivity contribution in [1.29, 1.82) is 0 Å². The lowest BCUT2D eigenvalue weighted by Crippen LogP contribution is -2.47. The molecular weight excluding hydrogens is 404 g/mol. The average Bonchev–Trinajstić information content (AvgIpc) is 2.76. The van der Waals surface area contributed by atoms with Crippen LogP contribution in [0.2, 0.25) is 0 Å². The molecule has 156 valence electrons. The summed E-state index contributed by atoms with van der Waals surface area (Å²) >= 11 is 0. The van der Waals surface area contributed by atoms with Crippen molar-refractivity contribution >= 4 is 27.5 Å². The van der Waals surface area contributed by atoms with E-state index in [1.54, 1.807) is 0 Å². The van der Waals surface area contributed by atoms with Crippen molar-refractivity contribution in [3.8, 4) is 12.3 Å². The third-order valence-corrected chi connectivity index (χ3v) is 6.03. The summed E-state index contributed by atoms with van der Waals surface area (Å²) in [5.74, 6) is 1.18. The Labute approximate surface area is 175 Å². The summed E-state index contributed by atoms with van der Waals surface area (Å²) in [5.41, 5.74) is 6.99. The number of sulfonamides is 1. The van der Waals surface area contributed by atoms with E-state index in [-0.39, 0.29) is 29.5 Å². The van der Waals surface area contributed by atoms with Gasteiger partial charge in [0.05, 0.1) is 18.0 Å². The summed E-state index contributed by atoms with van der Waals surface area (Å²) in [4.78, 5) is 26.5. The first-order valence-corrected chi connectivity index (χ1v) is 10.8. The van der Waals surface area contributed by atoms with E-state index in [1.807, 2.05) is 29.2 Å². The molecule has 3 N–H and O–H groups in total. The van der Waals surface area contributed by atoms with Crippen molar-refractivity contribution in [3.63, 3.8) is 0 Å². The van der Waals surface area contributed by atoms with E-state index in [4.69, 9.17) is 6.42 Å². The van der Waals surface area contributed by atoms with Gasteiger partial charge in [-0.3, -0.25) is 20.4 Å². The Morgan fingerprint density at radius 2 is 1.90 bits per heavy atom. The van der Waals surface area contributed by atoms with E-state index in [1.165, 1.54) is 29.8 Å². The molecule has 1 aliphatic heterocycles. The van der Waals surface area contributed by atoms with Crippen molar-refractivity contribution in [1.82, 2.24) is 15.6 Å². The van der Waals surface area contributed by atoms with Crippen LogP contribution in [-0.2, 0) is 21.2 Å². The molecule has 2 amide bonds. The molecule has 0 atom stereocenters. The number of aryl methyl sites for hydroxylation is 1. The number of nitrogens with one attached hydrogen (secondary N) is 3. The monoisotopic (exact) mass is 426 g/mol. The van der Waals surface area contributed by atoms with E-state index < -0.39 is 15.9 Å². The van der Waals surface area contributed by atoms with Gasteiger partial charge >= 0.3 is 0 Å². The Hall–Kier alpha value is -3.35. The number of nitrogens with zero attached hydrogens (tertiary/aromatic N) is 1. The van der Waals surface area contributed by atoms with Gasteiger partial charge < -0.3 is 4.90 Å². The van der Waals surface area contributed by atoms with Gasteiger partial charge in [-0.15, -0.1) is 6.42 Å². The van der Waals surface area contributed by atoms with Crippen LogP contribution in [0.1, 0.15) is 22.3 Å². The van der Waals surface area contributed by atoms with E-state index in [9.17, 15) is 18.0 Å². The van der Waals surface area contributed by atoms with Crippen LogP contribution in [0.3, 0.4) is 0 Å². The van der Waals surface area contributed by atoms with Crippen LogP contribution in [0.4, 0.5) is 5.69 Å². The maximum Gasteiger partial charge on any atom is 0.269 e. The van der Waals surface area contributed by atoms with Gasteiger partial charge in [0.25, 0.3) is 11.8 Å². The van der Waals surface area contributed by atoms with Gasteiger partial charge in [-0.25, -0.2) is 8.42 Å². The van der Waals surface area contributed by atoms with E-state index in [0.717, 1.165) is 25.1 Å². The molecule has 30 heavy (non-hydrogen) atoms. The number of hydrogen-bond acceptors (Lipinski definition) is 5. The SMILES string of the molecule is C#CCNS(=O)(=O)c1cccc(C(=O)NNC(=O)CN2CCCc3ccccc32)c1. The number of amides is 2. The normalized spacial score (nSPS) is 13.1. The molecule has 0 bridgehead atoms. The van der Waals surface area contributed by atoms with Gasteiger partial charge in [0.2, 0.25) is 10.0 Å². The van der Waals surface area contributed by atoms with Gasteiger partial charge in [-0.05, 0) is 42.7 Å². The van der Waals surface area contributed by atoms with Crippen molar-refractivity contribution in [2.24, 2.45) is 0 Å². The fourth-order valence-corrected chi connectivity index (χ4v) is 4.19. The molecule has 0 saturated carbocycles. The molecule has 0 radical (unpaired) electrons. The summed E-state index contributed by atoms with van der Waals surface area (Å²) < 4.78 is 26.5. The molecule has 9 heteroatoms. The van der Waals surface area contributed by atoms with Gasteiger partial charge in [0.15, 0.2) is 0 Å². The molecule has 0 fully saturated rings. The number of carbonyl (C=O) groups excluding carboxylic acids is 2. The number of rotatable bonds is 6. The third-order valence-electron chi connectivity index (χ3n) is 4.63. The number of terminal acetylenes is 1. The molecule has 1 aliphatic rings. The predicted octanol–water partition coefficient (Wildman–Crippen LogP) is 0.812. The number of carbonyl (C=O) groups is 2. The lowest BCUT2D eigenvalue weighted by Gasteiger charge is -2.30. The van der Waals surface area contributed by atoms with Crippen LogP contribution < -0.4 is 20.5 Å². The molecular formula is C21H22N4O4S. The Morgan fingerprint density at radius 1 is 1.10 bits per heavy atom. The highest BCUT2D eigenvalue weighted by molar-refractivity contribution is 7.89. The highest BCUT2D eigenvalue weighted by Gasteiger charge is 2.19. The quantitative estimate of drug-likeness (QED) is 0.468. The summed E-state index contributed by atoms with van der Waals surface area (Å²) in [7, 11) is -3.82. The van der Waals surface area contributed by atoms with Crippen LogP contribution in [0.25, 0.3) is 0 Å². The fourth-order valence-electron chi connectivity index (χ4n) is 3.21. The second-order valence-electron chi connectivity index (χ2n) is 6.71. The zero-order valence-corrected chi connectivity index (χ0v) is 17.0. The molecule has 2 aromatic carbocycles. The molecule has 8 nitrogen and oxygen atoms in total. The summed E-state index contributed by atoms with van der Waals surface area (Å²) in [6, 6.07) is 13.4. The van der Waals surface area contributed by atoms with Crippen molar-refractivity contribution in [2.45, 2.75) is 17.7 Å². The minimum Gasteiger partial charge on any atom is -0.362 e. The van der Waals surface area contributed by atoms with Crippen LogP contribution >= 0.6 is 0 Å². The molecule has 0 aromatic heterocycles. The maximum atomic E-state index is 12.3. The third kappa shape index (κ3) is 5.17. The van der Waals surface area contributed by atoms with E-state index >= 15 is 0 Å². The molecule has 0 spiro atoms. The number of anilines is 1. The van der Waals surface area contributed by atoms with E-state index in [2.05, 4.69) is 21.5 Å². The second-order valence-corrected chi connectivity index (χ2v) is 8.48. The first kappa shape index (κ1) is 21.4. The molecule has 0 aliphatic carbocycles. The van der Waals surface area contributed by atoms with Gasteiger partial charge in [0.1, 0.15) is 0 Å². The second kappa shape index (κ2) is 9.43. The molecule has 1 heterocycles. The van der Waals surface area contributed by atoms with Crippen LogP contribution in [0.5, 0.6) is 0 Å². The zero-order chi connectivity index (χ0) is 21.6. The Kier molecular flexibility index (Phi) is 6.72. The zero-order valence-electron chi connectivity index (χ0n) is 16.2. The number of hydrazine groups is 1. The van der Waals surface area contributed by atoms with Crippen molar-refractivity contribution in [3.05, 3.63) is 59.7 Å². The fraction of sp³-hybridized carbons (Fsp3) is 0.238. The van der Waals surface area contributed by atoms with Crippen LogP contribution in [0.15, 0.2) is 53.4 Å². The maximum absolute atomic E-state index is 12.3. The predicted molar refractivity (Wildman–Crippen MR) is 113 cm³/mol. The van der Waals surface area contributed by atoms with Gasteiger partial charge in [-0.2, -0.15) is 4.72 Å². The number of para-hydroxylation sites is 1. The largest absolute Gasteiger partial charge is 0.362 e. The Morgan fingerprint density at radius 3 is 2.70 bits per heavy atom. The minimum atomic E-state index is -3.82. The summed E-state index contributed by atoms with van der Waals surface area (Å²) in [6.45, 7) is 0.694. The minimum absolute atomic E-state index is 0.0854. The van der Waals surface area contributed by atoms with E-state index in [0.29, 0.717) is 0 Å². The van der Waals surface area contributed by atoms with Crippen molar-refractivity contribution < 1.29 is 18.0 Å². The first-order valence-electron chi connectivity index (χ1n) is 9.36. The number of hydrogen-bond donors (Lipinski definition) is 3. The van der Waals surface area contributed by atoms with Gasteiger partial charge in [-0.1, -0.05) is 30.2 Å². The Balaban J connectivity index is 1.59. The summed E-state index contributed by atoms with van der Waals surface area (Å²) in [6.07, 6.45) is 6.99. The van der Waals surface area contributed by atoms with Gasteiger partial charge in [0, 0.05) is 17.8 Å². The van der Waals surface area contributed by atoms with Crippen molar-refractivity contribution in [2.75, 3.05) is 24.5 Å².